The Morgan fingerprint density at radius 1 is 0.909 bits per heavy atom. The van der Waals surface area contributed by atoms with Crippen LogP contribution in [0.3, 0.4) is 0 Å². The van der Waals surface area contributed by atoms with E-state index in [1.54, 1.807) is 0 Å². The average Bonchev–Trinajstić information content (AvgIpc) is 3.05. The summed E-state index contributed by atoms with van der Waals surface area (Å²) in [5, 5.41) is 6.30. The van der Waals surface area contributed by atoms with Gasteiger partial charge >= 0.3 is 0 Å². The molecular formula is C18H12ClN3. The first kappa shape index (κ1) is 13.0. The van der Waals surface area contributed by atoms with Crippen molar-refractivity contribution in [2.45, 2.75) is 0 Å². The van der Waals surface area contributed by atoms with Gasteiger partial charge in [0.05, 0.1) is 17.4 Å². The summed E-state index contributed by atoms with van der Waals surface area (Å²) in [5.41, 5.74) is 4.16. The molecule has 0 spiro atoms. The summed E-state index contributed by atoms with van der Waals surface area (Å²) in [7, 11) is 0. The largest absolute Gasteiger partial charge is 0.256 e. The molecule has 0 aliphatic carbocycles. The van der Waals surface area contributed by atoms with Crippen molar-refractivity contribution in [3.63, 3.8) is 0 Å². The van der Waals surface area contributed by atoms with Gasteiger partial charge in [-0.25, -0.2) is 4.68 Å². The second kappa shape index (κ2) is 5.28. The first-order chi connectivity index (χ1) is 10.8. The molecule has 0 N–H and O–H groups in total. The lowest BCUT2D eigenvalue weighted by molar-refractivity contribution is 0.881. The Labute approximate surface area is 132 Å². The summed E-state index contributed by atoms with van der Waals surface area (Å²) in [6.07, 6.45) is 5.72. The monoisotopic (exact) mass is 305 g/mol. The van der Waals surface area contributed by atoms with Crippen molar-refractivity contribution >= 4 is 22.5 Å². The second-order valence-electron chi connectivity index (χ2n) is 5.03. The van der Waals surface area contributed by atoms with Crippen molar-refractivity contribution in [1.82, 2.24) is 14.8 Å². The molecule has 0 radical (unpaired) electrons. The van der Waals surface area contributed by atoms with E-state index in [4.69, 9.17) is 11.6 Å². The fourth-order valence-electron chi connectivity index (χ4n) is 2.54. The molecule has 3 nitrogen and oxygen atoms in total. The van der Waals surface area contributed by atoms with Crippen LogP contribution in [-0.4, -0.2) is 14.8 Å². The number of benzene rings is 2. The highest BCUT2D eigenvalue weighted by atomic mass is 35.5. The number of hydrogen-bond donors (Lipinski definition) is 0. The van der Waals surface area contributed by atoms with Gasteiger partial charge in [-0.3, -0.25) is 4.98 Å². The number of para-hydroxylation sites is 1. The van der Waals surface area contributed by atoms with E-state index in [0.29, 0.717) is 0 Å². The second-order valence-corrected chi connectivity index (χ2v) is 5.46. The SMILES string of the molecule is Clc1ccc(-n2cc(-c3ccnc4ccccc34)cn2)cc1. The number of pyridine rings is 1. The molecule has 0 atom stereocenters. The Hall–Kier alpha value is -2.65. The molecule has 2 aromatic heterocycles. The summed E-state index contributed by atoms with van der Waals surface area (Å²) >= 11 is 5.93. The maximum absolute atomic E-state index is 5.93. The van der Waals surface area contributed by atoms with E-state index >= 15 is 0 Å². The first-order valence-corrected chi connectivity index (χ1v) is 7.34. The van der Waals surface area contributed by atoms with Gasteiger partial charge in [0, 0.05) is 28.4 Å². The number of halogens is 1. The fraction of sp³-hybridized carbons (Fsp3) is 0. The van der Waals surface area contributed by atoms with Crippen LogP contribution in [0.1, 0.15) is 0 Å². The van der Waals surface area contributed by atoms with Gasteiger partial charge in [-0.1, -0.05) is 29.8 Å². The predicted octanol–water partition coefficient (Wildman–Crippen LogP) is 4.74. The lowest BCUT2D eigenvalue weighted by Crippen LogP contribution is -1.92. The molecule has 0 fully saturated rings. The Morgan fingerprint density at radius 3 is 2.59 bits per heavy atom. The molecule has 2 heterocycles. The van der Waals surface area contributed by atoms with Crippen LogP contribution < -0.4 is 0 Å². The van der Waals surface area contributed by atoms with Gasteiger partial charge in [0.15, 0.2) is 0 Å². The highest BCUT2D eigenvalue weighted by Crippen LogP contribution is 2.27. The van der Waals surface area contributed by atoms with Crippen molar-refractivity contribution in [2.75, 3.05) is 0 Å². The van der Waals surface area contributed by atoms with Crippen LogP contribution >= 0.6 is 11.6 Å². The van der Waals surface area contributed by atoms with Gasteiger partial charge in [0.25, 0.3) is 0 Å². The van der Waals surface area contributed by atoms with E-state index in [2.05, 4.69) is 16.1 Å². The molecule has 0 saturated carbocycles. The normalized spacial score (nSPS) is 11.0. The smallest absolute Gasteiger partial charge is 0.0708 e. The number of fused-ring (bicyclic) bond motifs is 1. The number of hydrogen-bond acceptors (Lipinski definition) is 2. The Morgan fingerprint density at radius 2 is 1.73 bits per heavy atom. The zero-order valence-electron chi connectivity index (χ0n) is 11.6. The van der Waals surface area contributed by atoms with Gasteiger partial charge < -0.3 is 0 Å². The molecule has 0 unspecified atom stereocenters. The Bertz CT molecular complexity index is 937. The number of aromatic nitrogens is 3. The molecule has 2 aromatic carbocycles. The number of nitrogens with zero attached hydrogens (tertiary/aromatic N) is 3. The predicted molar refractivity (Wildman–Crippen MR) is 89.3 cm³/mol. The van der Waals surface area contributed by atoms with Crippen molar-refractivity contribution in [2.24, 2.45) is 0 Å². The maximum Gasteiger partial charge on any atom is 0.0708 e. The molecule has 0 bridgehead atoms. The van der Waals surface area contributed by atoms with Crippen LogP contribution in [0.25, 0.3) is 27.7 Å². The third-order valence-corrected chi connectivity index (χ3v) is 3.89. The summed E-state index contributed by atoms with van der Waals surface area (Å²) in [6, 6.07) is 17.8. The van der Waals surface area contributed by atoms with E-state index in [1.807, 2.05) is 71.8 Å². The third kappa shape index (κ3) is 2.26. The van der Waals surface area contributed by atoms with Crippen LogP contribution in [0, 0.1) is 0 Å². The van der Waals surface area contributed by atoms with Crippen LogP contribution in [0.4, 0.5) is 0 Å². The Kier molecular flexibility index (Phi) is 3.13. The van der Waals surface area contributed by atoms with Crippen LogP contribution in [-0.2, 0) is 0 Å². The number of rotatable bonds is 2. The van der Waals surface area contributed by atoms with Crippen LogP contribution in [0.5, 0.6) is 0 Å². The Balaban J connectivity index is 1.82. The first-order valence-electron chi connectivity index (χ1n) is 6.96. The molecular weight excluding hydrogens is 294 g/mol. The van der Waals surface area contributed by atoms with Gasteiger partial charge in [0.1, 0.15) is 0 Å². The lowest BCUT2D eigenvalue weighted by Gasteiger charge is -2.03. The van der Waals surface area contributed by atoms with E-state index < -0.39 is 0 Å². The fourth-order valence-corrected chi connectivity index (χ4v) is 2.67. The molecule has 106 valence electrons. The molecule has 0 aliphatic rings. The minimum absolute atomic E-state index is 0.719. The average molecular weight is 306 g/mol. The summed E-state index contributed by atoms with van der Waals surface area (Å²) in [6.45, 7) is 0. The highest BCUT2D eigenvalue weighted by molar-refractivity contribution is 6.30. The zero-order valence-corrected chi connectivity index (χ0v) is 12.4. The molecule has 4 heteroatoms. The third-order valence-electron chi connectivity index (χ3n) is 3.63. The molecule has 0 saturated heterocycles. The quantitative estimate of drug-likeness (QED) is 0.535. The van der Waals surface area contributed by atoms with Gasteiger partial charge in [0.2, 0.25) is 0 Å². The van der Waals surface area contributed by atoms with Gasteiger partial charge in [-0.15, -0.1) is 0 Å². The van der Waals surface area contributed by atoms with Crippen molar-refractivity contribution in [3.8, 4) is 16.8 Å². The van der Waals surface area contributed by atoms with Crippen molar-refractivity contribution in [3.05, 3.63) is 78.2 Å². The molecule has 4 rings (SSSR count). The van der Waals surface area contributed by atoms with Crippen LogP contribution in [0.15, 0.2) is 73.2 Å². The van der Waals surface area contributed by atoms with E-state index in [1.165, 1.54) is 0 Å². The minimum Gasteiger partial charge on any atom is -0.256 e. The molecule has 0 amide bonds. The van der Waals surface area contributed by atoms with Gasteiger partial charge in [-0.2, -0.15) is 5.10 Å². The maximum atomic E-state index is 5.93. The standard InChI is InChI=1S/C18H12ClN3/c19-14-5-7-15(8-6-14)22-12-13(11-21-22)16-9-10-20-18-4-2-1-3-17(16)18/h1-12H. The lowest BCUT2D eigenvalue weighted by atomic mass is 10.0. The highest BCUT2D eigenvalue weighted by Gasteiger charge is 2.07. The molecule has 22 heavy (non-hydrogen) atoms. The molecule has 0 aliphatic heterocycles. The van der Waals surface area contributed by atoms with Gasteiger partial charge in [-0.05, 0) is 42.0 Å². The minimum atomic E-state index is 0.719. The zero-order chi connectivity index (χ0) is 14.9. The summed E-state index contributed by atoms with van der Waals surface area (Å²) in [5.74, 6) is 0. The van der Waals surface area contributed by atoms with E-state index in [-0.39, 0.29) is 0 Å². The summed E-state index contributed by atoms with van der Waals surface area (Å²) in [4.78, 5) is 4.40. The topological polar surface area (TPSA) is 30.7 Å². The van der Waals surface area contributed by atoms with E-state index in [9.17, 15) is 0 Å². The van der Waals surface area contributed by atoms with Crippen molar-refractivity contribution < 1.29 is 0 Å². The van der Waals surface area contributed by atoms with Crippen molar-refractivity contribution in [1.29, 1.82) is 0 Å². The van der Waals surface area contributed by atoms with Crippen LogP contribution in [0.2, 0.25) is 5.02 Å². The summed E-state index contributed by atoms with van der Waals surface area (Å²) < 4.78 is 1.85. The van der Waals surface area contributed by atoms with E-state index in [0.717, 1.165) is 32.7 Å². The molecule has 4 aromatic rings.